The van der Waals surface area contributed by atoms with Crippen molar-refractivity contribution in [3.63, 3.8) is 0 Å². The molecule has 3 heteroatoms. The van der Waals surface area contributed by atoms with Gasteiger partial charge in [-0.3, -0.25) is 4.79 Å². The Bertz CT molecular complexity index is 1230. The number of para-hydroxylation sites is 1. The fourth-order valence-corrected chi connectivity index (χ4v) is 4.68. The van der Waals surface area contributed by atoms with Crippen LogP contribution in [0.3, 0.4) is 0 Å². The summed E-state index contributed by atoms with van der Waals surface area (Å²) in [6, 6.07) is 28.0. The van der Waals surface area contributed by atoms with Crippen LogP contribution in [0.4, 0.5) is 0 Å². The minimum atomic E-state index is 0.0723. The number of nitrogens with one attached hydrogen (secondary N) is 1. The molecular weight excluding hydrogens is 338 g/mol. The summed E-state index contributed by atoms with van der Waals surface area (Å²) in [7, 11) is 0. The fourth-order valence-electron chi connectivity index (χ4n) is 3.47. The Morgan fingerprint density at radius 1 is 0.769 bits per heavy atom. The van der Waals surface area contributed by atoms with Gasteiger partial charge in [0.05, 0.1) is 4.88 Å². The number of hydrogen-bond donors (Lipinski definition) is 1. The number of aromatic nitrogens is 1. The highest BCUT2D eigenvalue weighted by molar-refractivity contribution is 7.21. The van der Waals surface area contributed by atoms with Gasteiger partial charge in [-0.05, 0) is 11.6 Å². The molecule has 0 aliphatic rings. The van der Waals surface area contributed by atoms with E-state index >= 15 is 0 Å². The van der Waals surface area contributed by atoms with E-state index in [4.69, 9.17) is 0 Å². The maximum atomic E-state index is 13.2. The lowest BCUT2D eigenvalue weighted by Crippen LogP contribution is -2.00. The van der Waals surface area contributed by atoms with Crippen LogP contribution in [0.2, 0.25) is 0 Å². The van der Waals surface area contributed by atoms with E-state index in [0.29, 0.717) is 0 Å². The molecule has 0 saturated heterocycles. The van der Waals surface area contributed by atoms with Crippen LogP contribution in [0.5, 0.6) is 0 Å². The van der Waals surface area contributed by atoms with E-state index in [1.165, 1.54) is 0 Å². The Morgan fingerprint density at radius 2 is 1.42 bits per heavy atom. The average Bonchev–Trinajstić information content (AvgIpc) is 3.25. The lowest BCUT2D eigenvalue weighted by Gasteiger charge is -2.05. The number of carbonyl (C=O) groups excluding carboxylic acids is 1. The van der Waals surface area contributed by atoms with Gasteiger partial charge in [-0.15, -0.1) is 11.3 Å². The van der Waals surface area contributed by atoms with E-state index in [1.807, 2.05) is 60.7 Å². The molecule has 5 rings (SSSR count). The lowest BCUT2D eigenvalue weighted by molar-refractivity contribution is 0.104. The highest BCUT2D eigenvalue weighted by Crippen LogP contribution is 2.43. The molecule has 2 nitrogen and oxygen atoms in total. The number of aromatic amines is 1. The first-order valence-corrected chi connectivity index (χ1v) is 9.33. The second kappa shape index (κ2) is 5.97. The second-order valence-electron chi connectivity index (χ2n) is 6.24. The Morgan fingerprint density at radius 3 is 2.19 bits per heavy atom. The molecule has 0 unspecified atom stereocenters. The zero-order chi connectivity index (χ0) is 17.5. The molecule has 0 aliphatic heterocycles. The zero-order valence-electron chi connectivity index (χ0n) is 13.9. The van der Waals surface area contributed by atoms with Crippen molar-refractivity contribution in [1.82, 2.24) is 4.98 Å². The number of fused-ring (bicyclic) bond motifs is 3. The van der Waals surface area contributed by atoms with E-state index in [1.54, 1.807) is 11.3 Å². The molecule has 26 heavy (non-hydrogen) atoms. The third-order valence-corrected chi connectivity index (χ3v) is 5.76. The molecule has 0 atom stereocenters. The summed E-state index contributed by atoms with van der Waals surface area (Å²) in [4.78, 5) is 18.6. The monoisotopic (exact) mass is 353 g/mol. The van der Waals surface area contributed by atoms with Crippen LogP contribution in [-0.4, -0.2) is 10.8 Å². The van der Waals surface area contributed by atoms with Crippen LogP contribution >= 0.6 is 11.3 Å². The van der Waals surface area contributed by atoms with Crippen LogP contribution in [0.15, 0.2) is 84.9 Å². The minimum absolute atomic E-state index is 0.0723. The van der Waals surface area contributed by atoms with Crippen molar-refractivity contribution in [3.8, 4) is 11.1 Å². The Kier molecular flexibility index (Phi) is 3.47. The number of benzene rings is 3. The van der Waals surface area contributed by atoms with E-state index < -0.39 is 0 Å². The number of thiophene rings is 1. The molecule has 0 saturated carbocycles. The predicted molar refractivity (Wildman–Crippen MR) is 109 cm³/mol. The van der Waals surface area contributed by atoms with Gasteiger partial charge in [0.25, 0.3) is 0 Å². The summed E-state index contributed by atoms with van der Waals surface area (Å²) in [5.74, 6) is 0.0723. The number of H-pyrrole nitrogens is 1. The molecule has 3 aromatic carbocycles. The molecular formula is C23H15NOS. The molecule has 1 N–H and O–H groups in total. The third kappa shape index (κ3) is 2.29. The normalized spacial score (nSPS) is 11.2. The number of rotatable bonds is 3. The van der Waals surface area contributed by atoms with Crippen molar-refractivity contribution >= 4 is 38.2 Å². The first kappa shape index (κ1) is 15.1. The smallest absolute Gasteiger partial charge is 0.203 e. The van der Waals surface area contributed by atoms with Crippen LogP contribution in [0.25, 0.3) is 32.2 Å². The maximum absolute atomic E-state index is 13.2. The number of carbonyl (C=O) groups is 1. The van der Waals surface area contributed by atoms with Crippen molar-refractivity contribution in [2.75, 3.05) is 0 Å². The van der Waals surface area contributed by atoms with Crippen molar-refractivity contribution in [3.05, 3.63) is 95.4 Å². The van der Waals surface area contributed by atoms with Gasteiger partial charge < -0.3 is 4.98 Å². The summed E-state index contributed by atoms with van der Waals surface area (Å²) < 4.78 is 0. The molecule has 0 bridgehead atoms. The van der Waals surface area contributed by atoms with Gasteiger partial charge in [-0.25, -0.2) is 0 Å². The third-order valence-electron chi connectivity index (χ3n) is 4.66. The summed E-state index contributed by atoms with van der Waals surface area (Å²) in [5.41, 5.74) is 3.92. The topological polar surface area (TPSA) is 32.9 Å². The largest absolute Gasteiger partial charge is 0.346 e. The molecule has 5 aromatic rings. The fraction of sp³-hybridized carbons (Fsp3) is 0. The minimum Gasteiger partial charge on any atom is -0.346 e. The highest BCUT2D eigenvalue weighted by atomic mass is 32.1. The van der Waals surface area contributed by atoms with Crippen LogP contribution < -0.4 is 0 Å². The first-order chi connectivity index (χ1) is 12.8. The second-order valence-corrected chi connectivity index (χ2v) is 7.26. The zero-order valence-corrected chi connectivity index (χ0v) is 14.7. The molecule has 2 heterocycles. The number of ketones is 1. The van der Waals surface area contributed by atoms with Crippen molar-refractivity contribution in [2.45, 2.75) is 0 Å². The summed E-state index contributed by atoms with van der Waals surface area (Å²) in [6.07, 6.45) is 0. The molecule has 0 aliphatic carbocycles. The van der Waals surface area contributed by atoms with Gasteiger partial charge in [-0.1, -0.05) is 78.9 Å². The summed E-state index contributed by atoms with van der Waals surface area (Å²) >= 11 is 1.54. The first-order valence-electron chi connectivity index (χ1n) is 8.51. The van der Waals surface area contributed by atoms with Gasteiger partial charge in [0.2, 0.25) is 5.78 Å². The van der Waals surface area contributed by atoms with E-state index in [2.05, 4.69) is 29.2 Å². The van der Waals surface area contributed by atoms with Crippen LogP contribution in [0.1, 0.15) is 15.2 Å². The van der Waals surface area contributed by atoms with Gasteiger partial charge >= 0.3 is 0 Å². The van der Waals surface area contributed by atoms with E-state index in [-0.39, 0.29) is 5.78 Å². The van der Waals surface area contributed by atoms with Crippen LogP contribution in [0, 0.1) is 0 Å². The molecule has 0 amide bonds. The average molecular weight is 353 g/mol. The molecule has 0 fully saturated rings. The van der Waals surface area contributed by atoms with Crippen molar-refractivity contribution in [2.24, 2.45) is 0 Å². The quantitative estimate of drug-likeness (QED) is 0.380. The highest BCUT2D eigenvalue weighted by Gasteiger charge is 2.23. The predicted octanol–water partition coefficient (Wildman–Crippen LogP) is 6.28. The van der Waals surface area contributed by atoms with E-state index in [9.17, 15) is 4.79 Å². The Hall–Kier alpha value is -3.17. The lowest BCUT2D eigenvalue weighted by atomic mass is 9.98. The van der Waals surface area contributed by atoms with Crippen LogP contribution in [-0.2, 0) is 0 Å². The molecule has 124 valence electrons. The molecule has 0 radical (unpaired) electrons. The van der Waals surface area contributed by atoms with Gasteiger partial charge in [0.15, 0.2) is 0 Å². The van der Waals surface area contributed by atoms with E-state index in [0.717, 1.165) is 42.7 Å². The standard InChI is InChI=1S/C23H15NOS/c25-21(16-11-5-2-6-12-16)22-19(15-9-3-1-4-10-15)20-17-13-7-8-14-18(17)24-23(20)26-22/h1-14,24H. The van der Waals surface area contributed by atoms with Gasteiger partial charge in [0.1, 0.15) is 4.83 Å². The Balaban J connectivity index is 1.85. The number of hydrogen-bond acceptors (Lipinski definition) is 2. The van der Waals surface area contributed by atoms with Crippen molar-refractivity contribution < 1.29 is 4.79 Å². The van der Waals surface area contributed by atoms with Gasteiger partial charge in [0, 0.05) is 27.4 Å². The van der Waals surface area contributed by atoms with Crippen molar-refractivity contribution in [1.29, 1.82) is 0 Å². The summed E-state index contributed by atoms with van der Waals surface area (Å²) in [6.45, 7) is 0. The van der Waals surface area contributed by atoms with Gasteiger partial charge in [-0.2, -0.15) is 0 Å². The molecule has 0 spiro atoms. The molecule has 2 aromatic heterocycles. The summed E-state index contributed by atoms with van der Waals surface area (Å²) in [5, 5.41) is 2.29. The maximum Gasteiger partial charge on any atom is 0.203 e. The Labute approximate surface area is 154 Å². The SMILES string of the molecule is O=C(c1ccccc1)c1sc2[nH]c3ccccc3c2c1-c1ccccc1.